The monoisotopic (exact) mass is 213 g/mol. The molecular formula is C9H11NO3S. The first-order valence-corrected chi connectivity index (χ1v) is 5.44. The average Bonchev–Trinajstić information content (AvgIpc) is 2.15. The summed E-state index contributed by atoms with van der Waals surface area (Å²) >= 11 is 0. The number of rotatable bonds is 3. The van der Waals surface area contributed by atoms with Crippen molar-refractivity contribution in [2.75, 3.05) is 0 Å². The highest BCUT2D eigenvalue weighted by molar-refractivity contribution is 7.89. The molecule has 0 aromatic heterocycles. The van der Waals surface area contributed by atoms with E-state index in [1.807, 2.05) is 0 Å². The van der Waals surface area contributed by atoms with E-state index in [1.54, 1.807) is 12.1 Å². The van der Waals surface area contributed by atoms with Gasteiger partial charge in [0.25, 0.3) is 0 Å². The molecule has 0 radical (unpaired) electrons. The van der Waals surface area contributed by atoms with E-state index in [0.29, 0.717) is 0 Å². The van der Waals surface area contributed by atoms with Gasteiger partial charge < -0.3 is 5.11 Å². The predicted octanol–water partition coefficient (Wildman–Crippen LogP) is 0.553. The molecule has 1 rings (SSSR count). The third kappa shape index (κ3) is 2.20. The van der Waals surface area contributed by atoms with Gasteiger partial charge in [-0.2, -0.15) is 0 Å². The summed E-state index contributed by atoms with van der Waals surface area (Å²) in [5.74, 6) is 0. The second-order valence-corrected chi connectivity index (χ2v) is 4.29. The maximum Gasteiger partial charge on any atom is 0.238 e. The first-order chi connectivity index (χ1) is 6.46. The zero-order valence-corrected chi connectivity index (χ0v) is 8.24. The van der Waals surface area contributed by atoms with E-state index in [2.05, 4.69) is 6.58 Å². The molecule has 1 atom stereocenters. The summed E-state index contributed by atoms with van der Waals surface area (Å²) in [6.07, 6.45) is 0.217. The number of aliphatic hydroxyl groups excluding tert-OH is 1. The summed E-state index contributed by atoms with van der Waals surface area (Å²) in [6, 6.07) is 6.00. The first kappa shape index (κ1) is 10.9. The Morgan fingerprint density at radius 2 is 2.00 bits per heavy atom. The van der Waals surface area contributed by atoms with Gasteiger partial charge >= 0.3 is 0 Å². The lowest BCUT2D eigenvalue weighted by atomic mass is 10.1. The van der Waals surface area contributed by atoms with Gasteiger partial charge in [0.15, 0.2) is 0 Å². The molecule has 14 heavy (non-hydrogen) atoms. The molecule has 0 aliphatic rings. The van der Waals surface area contributed by atoms with Gasteiger partial charge in [0.05, 0.1) is 11.0 Å². The van der Waals surface area contributed by atoms with Crippen LogP contribution in [0.5, 0.6) is 0 Å². The molecule has 5 heteroatoms. The summed E-state index contributed by atoms with van der Waals surface area (Å²) in [7, 11) is -3.80. The van der Waals surface area contributed by atoms with Crippen LogP contribution in [-0.2, 0) is 10.0 Å². The van der Waals surface area contributed by atoms with Crippen molar-refractivity contribution in [2.24, 2.45) is 5.14 Å². The summed E-state index contributed by atoms with van der Waals surface area (Å²) in [5.41, 5.74) is 0.241. The quantitative estimate of drug-likeness (QED) is 0.720. The maximum absolute atomic E-state index is 11.1. The molecule has 0 saturated heterocycles. The van der Waals surface area contributed by atoms with Gasteiger partial charge in [-0.3, -0.25) is 0 Å². The molecule has 3 N–H and O–H groups in total. The Hall–Kier alpha value is -1.17. The van der Waals surface area contributed by atoms with Crippen LogP contribution in [0.1, 0.15) is 11.7 Å². The Morgan fingerprint density at radius 1 is 1.43 bits per heavy atom. The van der Waals surface area contributed by atoms with Crippen LogP contribution in [-0.4, -0.2) is 13.5 Å². The minimum atomic E-state index is -3.80. The molecule has 1 unspecified atom stereocenters. The van der Waals surface area contributed by atoms with E-state index in [1.165, 1.54) is 18.2 Å². The highest BCUT2D eigenvalue weighted by Crippen LogP contribution is 2.21. The normalized spacial score (nSPS) is 13.6. The third-order valence-electron chi connectivity index (χ3n) is 1.77. The second-order valence-electron chi connectivity index (χ2n) is 2.76. The van der Waals surface area contributed by atoms with Crippen molar-refractivity contribution in [3.8, 4) is 0 Å². The zero-order valence-electron chi connectivity index (χ0n) is 7.42. The highest BCUT2D eigenvalue weighted by Gasteiger charge is 2.16. The summed E-state index contributed by atoms with van der Waals surface area (Å²) in [4.78, 5) is -0.0765. The van der Waals surface area contributed by atoms with Crippen LogP contribution >= 0.6 is 0 Å². The fourth-order valence-corrected chi connectivity index (χ4v) is 1.90. The molecule has 0 heterocycles. The Bertz CT molecular complexity index is 439. The van der Waals surface area contributed by atoms with E-state index in [4.69, 9.17) is 5.14 Å². The number of benzene rings is 1. The predicted molar refractivity (Wildman–Crippen MR) is 53.0 cm³/mol. The Kier molecular flexibility index (Phi) is 3.05. The number of nitrogens with two attached hydrogens (primary N) is 1. The fourth-order valence-electron chi connectivity index (χ4n) is 1.11. The Labute approximate surface area is 82.7 Å². The van der Waals surface area contributed by atoms with E-state index in [-0.39, 0.29) is 10.5 Å². The molecule has 0 aliphatic carbocycles. The van der Waals surface area contributed by atoms with Crippen LogP contribution in [0.25, 0.3) is 0 Å². The SMILES string of the molecule is C=CC(O)c1ccccc1S(N)(=O)=O. The molecule has 1 aromatic carbocycles. The van der Waals surface area contributed by atoms with Gasteiger partial charge in [-0.1, -0.05) is 24.3 Å². The third-order valence-corrected chi connectivity index (χ3v) is 2.75. The lowest BCUT2D eigenvalue weighted by molar-refractivity contribution is 0.226. The minimum absolute atomic E-state index is 0.0765. The standard InChI is InChI=1S/C9H11NO3S/c1-2-8(11)7-5-3-4-6-9(7)14(10,12)13/h2-6,8,11H,1H2,(H2,10,12,13). The van der Waals surface area contributed by atoms with E-state index in [0.717, 1.165) is 0 Å². The van der Waals surface area contributed by atoms with Crippen LogP contribution < -0.4 is 5.14 Å². The van der Waals surface area contributed by atoms with Gasteiger partial charge in [-0.15, -0.1) is 6.58 Å². The van der Waals surface area contributed by atoms with Crippen molar-refractivity contribution in [2.45, 2.75) is 11.0 Å². The number of hydrogen-bond acceptors (Lipinski definition) is 3. The topological polar surface area (TPSA) is 80.4 Å². The van der Waals surface area contributed by atoms with Crippen LogP contribution in [0, 0.1) is 0 Å². The van der Waals surface area contributed by atoms with Crippen molar-refractivity contribution in [1.29, 1.82) is 0 Å². The van der Waals surface area contributed by atoms with E-state index >= 15 is 0 Å². The number of sulfonamides is 1. The first-order valence-electron chi connectivity index (χ1n) is 3.89. The molecule has 0 bridgehead atoms. The summed E-state index contributed by atoms with van der Waals surface area (Å²) in [5, 5.41) is 14.4. The van der Waals surface area contributed by atoms with Crippen LogP contribution in [0.3, 0.4) is 0 Å². The second kappa shape index (κ2) is 3.91. The van der Waals surface area contributed by atoms with E-state index in [9.17, 15) is 13.5 Å². The van der Waals surface area contributed by atoms with Crippen molar-refractivity contribution in [3.05, 3.63) is 42.5 Å². The average molecular weight is 213 g/mol. The van der Waals surface area contributed by atoms with Crippen LogP contribution in [0.4, 0.5) is 0 Å². The van der Waals surface area contributed by atoms with Crippen molar-refractivity contribution in [3.63, 3.8) is 0 Å². The molecule has 1 aromatic rings. The van der Waals surface area contributed by atoms with Gasteiger partial charge in [-0.05, 0) is 6.07 Å². The smallest absolute Gasteiger partial charge is 0.238 e. The minimum Gasteiger partial charge on any atom is -0.384 e. The fraction of sp³-hybridized carbons (Fsp3) is 0.111. The van der Waals surface area contributed by atoms with Gasteiger partial charge in [-0.25, -0.2) is 13.6 Å². The van der Waals surface area contributed by atoms with Crippen LogP contribution in [0.15, 0.2) is 41.8 Å². The maximum atomic E-state index is 11.1. The van der Waals surface area contributed by atoms with Crippen LogP contribution in [0.2, 0.25) is 0 Å². The van der Waals surface area contributed by atoms with E-state index < -0.39 is 16.1 Å². The molecular weight excluding hydrogens is 202 g/mol. The number of primary sulfonamides is 1. The Morgan fingerprint density at radius 3 is 2.50 bits per heavy atom. The largest absolute Gasteiger partial charge is 0.384 e. The van der Waals surface area contributed by atoms with Gasteiger partial charge in [0, 0.05) is 5.56 Å². The molecule has 0 saturated carbocycles. The Balaban J connectivity index is 3.37. The number of hydrogen-bond donors (Lipinski definition) is 2. The van der Waals surface area contributed by atoms with Crippen molar-refractivity contribution >= 4 is 10.0 Å². The molecule has 0 fully saturated rings. The molecule has 0 aliphatic heterocycles. The summed E-state index contributed by atoms with van der Waals surface area (Å²) in [6.45, 7) is 3.37. The zero-order chi connectivity index (χ0) is 10.8. The molecule has 0 spiro atoms. The lowest BCUT2D eigenvalue weighted by Gasteiger charge is -2.09. The van der Waals surface area contributed by atoms with Gasteiger partial charge in [0.2, 0.25) is 10.0 Å². The molecule has 76 valence electrons. The summed E-state index contributed by atoms with van der Waals surface area (Å²) < 4.78 is 22.2. The van der Waals surface area contributed by atoms with Crippen molar-refractivity contribution < 1.29 is 13.5 Å². The van der Waals surface area contributed by atoms with Gasteiger partial charge in [0.1, 0.15) is 0 Å². The molecule has 4 nitrogen and oxygen atoms in total. The lowest BCUT2D eigenvalue weighted by Crippen LogP contribution is -2.15. The highest BCUT2D eigenvalue weighted by atomic mass is 32.2. The molecule has 0 amide bonds. The number of aliphatic hydroxyl groups is 1. The van der Waals surface area contributed by atoms with Crippen molar-refractivity contribution in [1.82, 2.24) is 0 Å².